The van der Waals surface area contributed by atoms with Crippen molar-refractivity contribution >= 4 is 23.9 Å². The third-order valence-electron chi connectivity index (χ3n) is 5.00. The van der Waals surface area contributed by atoms with Gasteiger partial charge in [0.1, 0.15) is 30.3 Å². The fourth-order valence-electron chi connectivity index (χ4n) is 3.34. The fraction of sp³-hybridized carbons (Fsp3) is 0.630. The van der Waals surface area contributed by atoms with Crippen LogP contribution in [0.25, 0.3) is 0 Å². The molecule has 1 rings (SSSR count). The van der Waals surface area contributed by atoms with E-state index in [-0.39, 0.29) is 18.4 Å². The van der Waals surface area contributed by atoms with Crippen LogP contribution < -0.4 is 16.0 Å². The van der Waals surface area contributed by atoms with Gasteiger partial charge in [-0.25, -0.2) is 9.59 Å². The van der Waals surface area contributed by atoms with E-state index in [1.165, 1.54) is 6.92 Å². The second kappa shape index (κ2) is 14.5. The van der Waals surface area contributed by atoms with E-state index in [1.807, 2.05) is 58.0 Å². The summed E-state index contributed by atoms with van der Waals surface area (Å²) in [5.74, 6) is -1.32. The Bertz CT molecular complexity index is 864. The molecular weight excluding hydrogens is 462 g/mol. The van der Waals surface area contributed by atoms with E-state index in [9.17, 15) is 19.2 Å². The summed E-state index contributed by atoms with van der Waals surface area (Å²) in [5, 5.41) is 7.93. The molecule has 0 unspecified atom stereocenters. The molecule has 36 heavy (non-hydrogen) atoms. The van der Waals surface area contributed by atoms with Crippen LogP contribution in [0, 0.1) is 11.8 Å². The molecule has 202 valence electrons. The standard InChI is InChI=1S/C27H43N3O6/c1-17(2)14-21(30-26(34)35-16-20-12-10-9-11-13-20)24(32)28-19(5)23(31)29-22(15-18(3)4)25(33)36-27(6,7)8/h9-13,17-19,21-22H,14-16H2,1-8H3,(H,28,32)(H,29,31)(H,30,34)/t19-,21-,22-/m0/s1. The van der Waals surface area contributed by atoms with E-state index >= 15 is 0 Å². The minimum atomic E-state index is -0.939. The first-order chi connectivity index (χ1) is 16.7. The van der Waals surface area contributed by atoms with Gasteiger partial charge in [-0.2, -0.15) is 0 Å². The summed E-state index contributed by atoms with van der Waals surface area (Å²) in [6, 6.07) is 6.54. The largest absolute Gasteiger partial charge is 0.458 e. The van der Waals surface area contributed by atoms with Gasteiger partial charge >= 0.3 is 12.1 Å². The number of rotatable bonds is 12. The van der Waals surface area contributed by atoms with Crippen molar-refractivity contribution < 1.29 is 28.7 Å². The van der Waals surface area contributed by atoms with Crippen LogP contribution in [0.2, 0.25) is 0 Å². The SMILES string of the molecule is CC(C)C[C@H](NC(=O)OCc1ccccc1)C(=O)N[C@@H](C)C(=O)N[C@@H](CC(C)C)C(=O)OC(C)(C)C. The summed E-state index contributed by atoms with van der Waals surface area (Å²) in [6.07, 6.45) is 0.0271. The lowest BCUT2D eigenvalue weighted by Gasteiger charge is -2.27. The average molecular weight is 506 g/mol. The molecule has 9 heteroatoms. The van der Waals surface area contributed by atoms with Gasteiger partial charge in [0, 0.05) is 0 Å². The number of carbonyl (C=O) groups excluding carboxylic acids is 4. The van der Waals surface area contributed by atoms with Crippen LogP contribution in [0.4, 0.5) is 4.79 Å². The Morgan fingerprint density at radius 2 is 1.33 bits per heavy atom. The average Bonchev–Trinajstić information content (AvgIpc) is 2.75. The minimum Gasteiger partial charge on any atom is -0.458 e. The monoisotopic (exact) mass is 505 g/mol. The number of benzene rings is 1. The zero-order chi connectivity index (χ0) is 27.5. The van der Waals surface area contributed by atoms with Crippen LogP contribution in [0.1, 0.15) is 73.8 Å². The molecule has 9 nitrogen and oxygen atoms in total. The number of esters is 1. The van der Waals surface area contributed by atoms with E-state index in [0.29, 0.717) is 12.8 Å². The van der Waals surface area contributed by atoms with Crippen LogP contribution in [-0.2, 0) is 30.5 Å². The molecule has 1 aromatic carbocycles. The second-order valence-corrected chi connectivity index (χ2v) is 10.8. The summed E-state index contributed by atoms with van der Waals surface area (Å²) < 4.78 is 10.7. The van der Waals surface area contributed by atoms with E-state index in [2.05, 4.69) is 16.0 Å². The molecule has 0 radical (unpaired) electrons. The molecule has 0 aliphatic carbocycles. The number of hydrogen-bond donors (Lipinski definition) is 3. The van der Waals surface area contributed by atoms with Crippen molar-refractivity contribution in [3.05, 3.63) is 35.9 Å². The van der Waals surface area contributed by atoms with Crippen molar-refractivity contribution in [2.75, 3.05) is 0 Å². The summed E-state index contributed by atoms with van der Waals surface area (Å²) in [5.41, 5.74) is 0.130. The zero-order valence-corrected chi connectivity index (χ0v) is 22.8. The smallest absolute Gasteiger partial charge is 0.408 e. The third kappa shape index (κ3) is 12.6. The molecular formula is C27H43N3O6. The summed E-state index contributed by atoms with van der Waals surface area (Å²) in [6.45, 7) is 14.6. The highest BCUT2D eigenvalue weighted by Gasteiger charge is 2.30. The van der Waals surface area contributed by atoms with Crippen LogP contribution in [0.5, 0.6) is 0 Å². The molecule has 3 N–H and O–H groups in total. The predicted molar refractivity (Wildman–Crippen MR) is 138 cm³/mol. The van der Waals surface area contributed by atoms with Gasteiger partial charge < -0.3 is 25.4 Å². The van der Waals surface area contributed by atoms with Gasteiger partial charge in [-0.15, -0.1) is 0 Å². The number of ether oxygens (including phenoxy) is 2. The Morgan fingerprint density at radius 3 is 1.86 bits per heavy atom. The number of nitrogens with one attached hydrogen (secondary N) is 3. The lowest BCUT2D eigenvalue weighted by atomic mass is 10.0. The van der Waals surface area contributed by atoms with Gasteiger partial charge in [0.2, 0.25) is 11.8 Å². The van der Waals surface area contributed by atoms with Gasteiger partial charge in [-0.1, -0.05) is 58.0 Å². The van der Waals surface area contributed by atoms with Gasteiger partial charge in [-0.3, -0.25) is 9.59 Å². The van der Waals surface area contributed by atoms with Crippen LogP contribution in [-0.4, -0.2) is 47.6 Å². The maximum Gasteiger partial charge on any atom is 0.408 e. The van der Waals surface area contributed by atoms with E-state index in [4.69, 9.17) is 9.47 Å². The number of amides is 3. The Hall–Kier alpha value is -3.10. The quantitative estimate of drug-likeness (QED) is 0.372. The molecule has 0 heterocycles. The number of hydrogen-bond acceptors (Lipinski definition) is 6. The fourth-order valence-corrected chi connectivity index (χ4v) is 3.34. The third-order valence-corrected chi connectivity index (χ3v) is 5.00. The summed E-state index contributed by atoms with van der Waals surface area (Å²) in [4.78, 5) is 50.7. The second-order valence-electron chi connectivity index (χ2n) is 10.8. The predicted octanol–water partition coefficient (Wildman–Crippen LogP) is 3.70. The Kier molecular flexibility index (Phi) is 12.4. The molecule has 3 atom stereocenters. The van der Waals surface area contributed by atoms with Crippen LogP contribution in [0.3, 0.4) is 0 Å². The molecule has 0 aromatic heterocycles. The van der Waals surface area contributed by atoms with Crippen molar-refractivity contribution in [1.82, 2.24) is 16.0 Å². The van der Waals surface area contributed by atoms with Crippen molar-refractivity contribution in [1.29, 1.82) is 0 Å². The lowest BCUT2D eigenvalue weighted by Crippen LogP contribution is -2.55. The summed E-state index contributed by atoms with van der Waals surface area (Å²) >= 11 is 0. The first-order valence-electron chi connectivity index (χ1n) is 12.5. The van der Waals surface area contributed by atoms with Crippen molar-refractivity contribution in [3.8, 4) is 0 Å². The molecule has 0 bridgehead atoms. The number of carbonyl (C=O) groups is 4. The maximum absolute atomic E-state index is 12.9. The normalized spacial score (nSPS) is 13.9. The number of alkyl carbamates (subject to hydrolysis) is 1. The van der Waals surface area contributed by atoms with Crippen LogP contribution in [0.15, 0.2) is 30.3 Å². The van der Waals surface area contributed by atoms with Gasteiger partial charge in [0.25, 0.3) is 0 Å². The van der Waals surface area contributed by atoms with Gasteiger partial charge in [-0.05, 0) is 57.9 Å². The molecule has 0 spiro atoms. The molecule has 0 aliphatic rings. The highest BCUT2D eigenvalue weighted by Crippen LogP contribution is 2.13. The molecule has 1 aromatic rings. The van der Waals surface area contributed by atoms with E-state index in [0.717, 1.165) is 5.56 Å². The van der Waals surface area contributed by atoms with Gasteiger partial charge in [0.15, 0.2) is 0 Å². The van der Waals surface area contributed by atoms with Crippen molar-refractivity contribution in [3.63, 3.8) is 0 Å². The van der Waals surface area contributed by atoms with Crippen molar-refractivity contribution in [2.45, 2.75) is 98.6 Å². The zero-order valence-electron chi connectivity index (χ0n) is 22.8. The Labute approximate surface area is 215 Å². The molecule has 0 saturated carbocycles. The van der Waals surface area contributed by atoms with E-state index < -0.39 is 47.6 Å². The Balaban J connectivity index is 2.76. The molecule has 0 aliphatic heterocycles. The summed E-state index contributed by atoms with van der Waals surface area (Å²) in [7, 11) is 0. The van der Waals surface area contributed by atoms with Crippen molar-refractivity contribution in [2.24, 2.45) is 11.8 Å². The highest BCUT2D eigenvalue weighted by molar-refractivity contribution is 5.92. The first-order valence-corrected chi connectivity index (χ1v) is 12.5. The molecule has 3 amide bonds. The molecule has 0 fully saturated rings. The topological polar surface area (TPSA) is 123 Å². The molecule has 0 saturated heterocycles. The van der Waals surface area contributed by atoms with Gasteiger partial charge in [0.05, 0.1) is 0 Å². The highest BCUT2D eigenvalue weighted by atomic mass is 16.6. The minimum absolute atomic E-state index is 0.0728. The first kappa shape index (κ1) is 30.9. The Morgan fingerprint density at radius 1 is 0.778 bits per heavy atom. The maximum atomic E-state index is 12.9. The van der Waals surface area contributed by atoms with Crippen LogP contribution >= 0.6 is 0 Å². The van der Waals surface area contributed by atoms with E-state index in [1.54, 1.807) is 20.8 Å². The lowest BCUT2D eigenvalue weighted by molar-refractivity contribution is -0.159.